The largest absolute Gasteiger partial charge is 0.0952 e. The molecule has 1 heteroatoms. The highest BCUT2D eigenvalue weighted by Crippen LogP contribution is 2.22. The summed E-state index contributed by atoms with van der Waals surface area (Å²) in [5.41, 5.74) is 7.09. The molecule has 2 rings (SSSR count). The standard InChI is InChI=1S/C25H34Si/c1-22(13-11-12-18-23-14-7-5-8-15-23)25(21-26(2,3)4)20-19-24-16-9-6-10-17-24/h5-11,13-17,21-22H,12,18-20H2,1-4H3/b13-11+,25-21+. The zero-order valence-corrected chi connectivity index (χ0v) is 17.9. The first-order chi connectivity index (χ1) is 12.4. The van der Waals surface area contributed by atoms with Gasteiger partial charge in [-0.25, -0.2) is 0 Å². The lowest BCUT2D eigenvalue weighted by Gasteiger charge is -2.19. The van der Waals surface area contributed by atoms with E-state index in [0.717, 1.165) is 19.3 Å². The highest BCUT2D eigenvalue weighted by atomic mass is 28.3. The lowest BCUT2D eigenvalue weighted by Crippen LogP contribution is -2.18. The summed E-state index contributed by atoms with van der Waals surface area (Å²) < 4.78 is 0. The van der Waals surface area contributed by atoms with E-state index in [1.165, 1.54) is 17.5 Å². The van der Waals surface area contributed by atoms with Crippen LogP contribution in [0.5, 0.6) is 0 Å². The molecule has 0 N–H and O–H groups in total. The van der Waals surface area contributed by atoms with Gasteiger partial charge in [-0.3, -0.25) is 0 Å². The molecule has 0 aliphatic carbocycles. The maximum atomic E-state index is 2.61. The van der Waals surface area contributed by atoms with E-state index in [0.29, 0.717) is 5.92 Å². The molecule has 0 heterocycles. The Hall–Kier alpha value is -1.86. The van der Waals surface area contributed by atoms with E-state index in [1.807, 2.05) is 0 Å². The van der Waals surface area contributed by atoms with Crippen molar-refractivity contribution in [2.75, 3.05) is 0 Å². The van der Waals surface area contributed by atoms with Gasteiger partial charge >= 0.3 is 0 Å². The Morgan fingerprint density at radius 2 is 1.38 bits per heavy atom. The summed E-state index contributed by atoms with van der Waals surface area (Å²) in [4.78, 5) is 0. The molecule has 0 aromatic heterocycles. The molecule has 26 heavy (non-hydrogen) atoms. The maximum Gasteiger partial charge on any atom is 0.0686 e. The van der Waals surface area contributed by atoms with Crippen molar-refractivity contribution < 1.29 is 0 Å². The number of allylic oxidation sites excluding steroid dienone is 3. The van der Waals surface area contributed by atoms with Crippen molar-refractivity contribution in [2.24, 2.45) is 5.92 Å². The molecule has 0 spiro atoms. The van der Waals surface area contributed by atoms with Gasteiger partial charge in [0.15, 0.2) is 0 Å². The average Bonchev–Trinajstić information content (AvgIpc) is 2.63. The predicted octanol–water partition coefficient (Wildman–Crippen LogP) is 7.25. The highest BCUT2D eigenvalue weighted by Gasteiger charge is 2.14. The van der Waals surface area contributed by atoms with Crippen LogP contribution in [-0.2, 0) is 12.8 Å². The Morgan fingerprint density at radius 1 is 0.846 bits per heavy atom. The van der Waals surface area contributed by atoms with Crippen molar-refractivity contribution in [1.29, 1.82) is 0 Å². The summed E-state index contributed by atoms with van der Waals surface area (Å²) in [6.45, 7) is 9.65. The van der Waals surface area contributed by atoms with Crippen LogP contribution < -0.4 is 0 Å². The van der Waals surface area contributed by atoms with E-state index in [9.17, 15) is 0 Å². The van der Waals surface area contributed by atoms with Gasteiger partial charge in [0.1, 0.15) is 0 Å². The second kappa shape index (κ2) is 10.3. The Labute approximate surface area is 161 Å². The number of hydrogen-bond acceptors (Lipinski definition) is 0. The second-order valence-corrected chi connectivity index (χ2v) is 13.3. The fourth-order valence-electron chi connectivity index (χ4n) is 3.24. The minimum atomic E-state index is -1.22. The molecule has 0 radical (unpaired) electrons. The molecular formula is C25H34Si. The zero-order valence-electron chi connectivity index (χ0n) is 16.9. The van der Waals surface area contributed by atoms with Gasteiger partial charge in [-0.2, -0.15) is 0 Å². The van der Waals surface area contributed by atoms with Crippen LogP contribution in [0.25, 0.3) is 0 Å². The number of rotatable bonds is 9. The molecule has 0 saturated heterocycles. The summed E-state index contributed by atoms with van der Waals surface area (Å²) in [7, 11) is -1.22. The zero-order chi connectivity index (χ0) is 18.8. The Kier molecular flexibility index (Phi) is 8.12. The van der Waals surface area contributed by atoms with Gasteiger partial charge in [-0.15, -0.1) is 0 Å². The van der Waals surface area contributed by atoms with Gasteiger partial charge in [0, 0.05) is 0 Å². The number of benzene rings is 2. The molecule has 0 fully saturated rings. The first-order valence-corrected chi connectivity index (χ1v) is 13.5. The quantitative estimate of drug-likeness (QED) is 0.325. The van der Waals surface area contributed by atoms with Crippen LogP contribution in [0.2, 0.25) is 19.6 Å². The third-order valence-electron chi connectivity index (χ3n) is 4.62. The highest BCUT2D eigenvalue weighted by molar-refractivity contribution is 6.81. The molecule has 0 amide bonds. The summed E-state index contributed by atoms with van der Waals surface area (Å²) in [6, 6.07) is 21.6. The molecular weight excluding hydrogens is 328 g/mol. The van der Waals surface area contributed by atoms with Gasteiger partial charge in [0.2, 0.25) is 0 Å². The van der Waals surface area contributed by atoms with Gasteiger partial charge < -0.3 is 0 Å². The van der Waals surface area contributed by atoms with Crippen molar-refractivity contribution in [2.45, 2.75) is 52.2 Å². The van der Waals surface area contributed by atoms with Gasteiger partial charge in [0.25, 0.3) is 0 Å². The molecule has 2 aromatic carbocycles. The van der Waals surface area contributed by atoms with Crippen LogP contribution in [0.15, 0.2) is 84.1 Å². The van der Waals surface area contributed by atoms with E-state index in [2.05, 4.69) is 105 Å². The minimum absolute atomic E-state index is 0.529. The normalized spacial score (nSPS) is 13.9. The van der Waals surface area contributed by atoms with Crippen LogP contribution in [0.4, 0.5) is 0 Å². The van der Waals surface area contributed by atoms with E-state index in [4.69, 9.17) is 0 Å². The van der Waals surface area contributed by atoms with Crippen molar-refractivity contribution in [3.05, 3.63) is 95.2 Å². The summed E-state index contributed by atoms with van der Waals surface area (Å²) >= 11 is 0. The lowest BCUT2D eigenvalue weighted by molar-refractivity contribution is 0.770. The van der Waals surface area contributed by atoms with Crippen molar-refractivity contribution in [3.8, 4) is 0 Å². The lowest BCUT2D eigenvalue weighted by atomic mass is 9.95. The molecule has 138 valence electrons. The molecule has 0 nitrogen and oxygen atoms in total. The molecule has 2 aromatic rings. The van der Waals surface area contributed by atoms with Gasteiger partial charge in [-0.1, -0.05) is 111 Å². The minimum Gasteiger partial charge on any atom is -0.0952 e. The van der Waals surface area contributed by atoms with Crippen LogP contribution in [-0.4, -0.2) is 8.07 Å². The number of hydrogen-bond donors (Lipinski definition) is 0. The topological polar surface area (TPSA) is 0 Å². The number of aryl methyl sites for hydroxylation is 2. The second-order valence-electron chi connectivity index (χ2n) is 8.31. The van der Waals surface area contributed by atoms with E-state index in [-0.39, 0.29) is 0 Å². The van der Waals surface area contributed by atoms with Crippen LogP contribution in [0, 0.1) is 5.92 Å². The van der Waals surface area contributed by atoms with E-state index < -0.39 is 8.07 Å². The average molecular weight is 363 g/mol. The summed E-state index contributed by atoms with van der Waals surface area (Å²) in [5.74, 6) is 0.529. The third-order valence-corrected chi connectivity index (χ3v) is 5.85. The third kappa shape index (κ3) is 8.01. The smallest absolute Gasteiger partial charge is 0.0686 e. The summed E-state index contributed by atoms with van der Waals surface area (Å²) in [5, 5.41) is 0. The fraction of sp³-hybridized carbons (Fsp3) is 0.360. The van der Waals surface area contributed by atoms with Gasteiger partial charge in [-0.05, 0) is 42.7 Å². The molecule has 0 aliphatic heterocycles. The molecule has 0 aliphatic rings. The first kappa shape index (κ1) is 20.4. The van der Waals surface area contributed by atoms with Gasteiger partial charge in [0.05, 0.1) is 8.07 Å². The van der Waals surface area contributed by atoms with Crippen LogP contribution in [0.1, 0.15) is 30.9 Å². The van der Waals surface area contributed by atoms with Crippen molar-refractivity contribution in [3.63, 3.8) is 0 Å². The molecule has 1 unspecified atom stereocenters. The van der Waals surface area contributed by atoms with Crippen LogP contribution >= 0.6 is 0 Å². The van der Waals surface area contributed by atoms with Crippen LogP contribution in [0.3, 0.4) is 0 Å². The Balaban J connectivity index is 1.95. The Morgan fingerprint density at radius 3 is 1.92 bits per heavy atom. The SMILES string of the molecule is CC(/C=C/CCc1ccccc1)/C(=C/[Si](C)(C)C)CCc1ccccc1. The molecule has 0 saturated carbocycles. The maximum absolute atomic E-state index is 2.61. The monoisotopic (exact) mass is 362 g/mol. The van der Waals surface area contributed by atoms with Crippen molar-refractivity contribution in [1.82, 2.24) is 0 Å². The molecule has 1 atom stereocenters. The first-order valence-electron chi connectivity index (χ1n) is 9.90. The molecule has 0 bridgehead atoms. The van der Waals surface area contributed by atoms with E-state index in [1.54, 1.807) is 5.57 Å². The van der Waals surface area contributed by atoms with E-state index >= 15 is 0 Å². The van der Waals surface area contributed by atoms with Crippen molar-refractivity contribution >= 4 is 8.07 Å². The summed E-state index contributed by atoms with van der Waals surface area (Å²) in [6.07, 6.45) is 9.34. The fourth-order valence-corrected chi connectivity index (χ4v) is 4.76. The Bertz CT molecular complexity index is 690. The predicted molar refractivity (Wildman–Crippen MR) is 119 cm³/mol.